The topological polar surface area (TPSA) is 28.2 Å². The van der Waals surface area contributed by atoms with Crippen molar-refractivity contribution < 1.29 is 0 Å². The number of pyridine rings is 1. The highest BCUT2D eigenvalue weighted by atomic mass is 15.2. The van der Waals surface area contributed by atoms with E-state index in [4.69, 9.17) is 0 Å². The van der Waals surface area contributed by atoms with E-state index in [0.717, 1.165) is 18.9 Å². The summed E-state index contributed by atoms with van der Waals surface area (Å²) in [4.78, 5) is 6.64. The molecule has 16 heavy (non-hydrogen) atoms. The lowest BCUT2D eigenvalue weighted by Gasteiger charge is -2.19. The van der Waals surface area contributed by atoms with E-state index in [1.54, 1.807) is 0 Å². The fourth-order valence-electron chi connectivity index (χ4n) is 1.79. The molecular weight excluding hydrogens is 198 g/mol. The quantitative estimate of drug-likeness (QED) is 0.844. The first-order valence-electron chi connectivity index (χ1n) is 5.52. The van der Waals surface area contributed by atoms with Gasteiger partial charge in [-0.25, -0.2) is 4.98 Å². The summed E-state index contributed by atoms with van der Waals surface area (Å²) in [6, 6.07) is 10.4. The van der Waals surface area contributed by atoms with Crippen LogP contribution in [-0.4, -0.2) is 32.2 Å². The number of anilines is 1. The van der Waals surface area contributed by atoms with E-state index >= 15 is 0 Å². The summed E-state index contributed by atoms with van der Waals surface area (Å²) in [5, 5.41) is 5.60. The molecule has 0 aliphatic carbocycles. The maximum Gasteiger partial charge on any atom is 0.136 e. The second-order valence-corrected chi connectivity index (χ2v) is 3.88. The van der Waals surface area contributed by atoms with Gasteiger partial charge in [0.15, 0.2) is 0 Å². The zero-order valence-corrected chi connectivity index (χ0v) is 9.77. The third kappa shape index (κ3) is 2.14. The predicted molar refractivity (Wildman–Crippen MR) is 68.9 cm³/mol. The average Bonchev–Trinajstić information content (AvgIpc) is 2.35. The molecule has 0 bridgehead atoms. The molecule has 0 radical (unpaired) electrons. The van der Waals surface area contributed by atoms with Crippen LogP contribution in [-0.2, 0) is 0 Å². The second kappa shape index (κ2) is 4.94. The highest BCUT2D eigenvalue weighted by Crippen LogP contribution is 2.22. The molecule has 0 aliphatic heterocycles. The van der Waals surface area contributed by atoms with Gasteiger partial charge in [-0.1, -0.05) is 24.3 Å². The number of aromatic nitrogens is 1. The molecule has 3 nitrogen and oxygen atoms in total. The second-order valence-electron chi connectivity index (χ2n) is 3.88. The van der Waals surface area contributed by atoms with Crippen molar-refractivity contribution in [2.24, 2.45) is 0 Å². The Kier molecular flexibility index (Phi) is 3.37. The number of hydrogen-bond acceptors (Lipinski definition) is 3. The standard InChI is InChI=1S/C13H17N3/c1-14-9-10-16(2)13-12-6-4-3-5-11(12)7-8-15-13/h3-8,14H,9-10H2,1-2H3. The highest BCUT2D eigenvalue weighted by Gasteiger charge is 2.05. The van der Waals surface area contributed by atoms with Gasteiger partial charge in [-0.3, -0.25) is 0 Å². The van der Waals surface area contributed by atoms with Crippen molar-refractivity contribution in [3.05, 3.63) is 36.5 Å². The molecule has 0 amide bonds. The van der Waals surface area contributed by atoms with Gasteiger partial charge in [0.05, 0.1) is 0 Å². The molecule has 1 aromatic carbocycles. The number of fused-ring (bicyclic) bond motifs is 1. The Morgan fingerprint density at radius 2 is 2.06 bits per heavy atom. The molecule has 0 saturated carbocycles. The van der Waals surface area contributed by atoms with E-state index in [0.29, 0.717) is 0 Å². The van der Waals surface area contributed by atoms with Crippen LogP contribution in [0.1, 0.15) is 0 Å². The molecular formula is C13H17N3. The van der Waals surface area contributed by atoms with Crippen LogP contribution in [0.4, 0.5) is 5.82 Å². The van der Waals surface area contributed by atoms with E-state index in [1.165, 1.54) is 10.8 Å². The lowest BCUT2D eigenvalue weighted by atomic mass is 10.1. The van der Waals surface area contributed by atoms with Crippen LogP contribution in [0.2, 0.25) is 0 Å². The van der Waals surface area contributed by atoms with Gasteiger partial charge >= 0.3 is 0 Å². The zero-order valence-electron chi connectivity index (χ0n) is 9.77. The van der Waals surface area contributed by atoms with Crippen molar-refractivity contribution in [1.29, 1.82) is 0 Å². The number of likely N-dealkylation sites (N-methyl/N-ethyl adjacent to an activating group) is 2. The summed E-state index contributed by atoms with van der Waals surface area (Å²) in [6.07, 6.45) is 1.87. The molecule has 0 unspecified atom stereocenters. The zero-order chi connectivity index (χ0) is 11.4. The first-order valence-corrected chi connectivity index (χ1v) is 5.52. The van der Waals surface area contributed by atoms with Crippen LogP contribution in [0.15, 0.2) is 36.5 Å². The molecule has 1 N–H and O–H groups in total. The fraction of sp³-hybridized carbons (Fsp3) is 0.308. The van der Waals surface area contributed by atoms with Gasteiger partial charge in [0.2, 0.25) is 0 Å². The molecule has 0 saturated heterocycles. The summed E-state index contributed by atoms with van der Waals surface area (Å²) in [6.45, 7) is 1.92. The Bertz CT molecular complexity index is 462. The van der Waals surface area contributed by atoms with Gasteiger partial charge in [-0.15, -0.1) is 0 Å². The van der Waals surface area contributed by atoms with Crippen LogP contribution < -0.4 is 10.2 Å². The summed E-state index contributed by atoms with van der Waals surface area (Å²) >= 11 is 0. The van der Waals surface area contributed by atoms with Crippen molar-refractivity contribution in [3.8, 4) is 0 Å². The van der Waals surface area contributed by atoms with Crippen molar-refractivity contribution >= 4 is 16.6 Å². The third-order valence-corrected chi connectivity index (χ3v) is 2.71. The number of nitrogens with zero attached hydrogens (tertiary/aromatic N) is 2. The van der Waals surface area contributed by atoms with Gasteiger partial charge in [-0.05, 0) is 18.5 Å². The predicted octanol–water partition coefficient (Wildman–Crippen LogP) is 1.89. The molecule has 2 rings (SSSR count). The van der Waals surface area contributed by atoms with E-state index in [9.17, 15) is 0 Å². The molecule has 1 aromatic heterocycles. The van der Waals surface area contributed by atoms with Crippen molar-refractivity contribution in [3.63, 3.8) is 0 Å². The molecule has 1 heterocycles. The van der Waals surface area contributed by atoms with Gasteiger partial charge in [-0.2, -0.15) is 0 Å². The molecule has 0 aliphatic rings. The van der Waals surface area contributed by atoms with Gasteiger partial charge < -0.3 is 10.2 Å². The van der Waals surface area contributed by atoms with E-state index in [1.807, 2.05) is 19.3 Å². The maximum absolute atomic E-state index is 4.46. The number of rotatable bonds is 4. The lowest BCUT2D eigenvalue weighted by molar-refractivity contribution is 0.763. The molecule has 84 valence electrons. The minimum absolute atomic E-state index is 0.956. The van der Waals surface area contributed by atoms with Gasteiger partial charge in [0.1, 0.15) is 5.82 Å². The Balaban J connectivity index is 2.36. The minimum Gasteiger partial charge on any atom is -0.358 e. The molecule has 0 fully saturated rings. The van der Waals surface area contributed by atoms with Crippen LogP contribution in [0.25, 0.3) is 10.8 Å². The molecule has 0 spiro atoms. The smallest absolute Gasteiger partial charge is 0.136 e. The highest BCUT2D eigenvalue weighted by molar-refractivity contribution is 5.91. The normalized spacial score (nSPS) is 10.6. The van der Waals surface area contributed by atoms with Crippen LogP contribution in [0, 0.1) is 0 Å². The van der Waals surface area contributed by atoms with Gasteiger partial charge in [0.25, 0.3) is 0 Å². The molecule has 0 atom stereocenters. The fourth-order valence-corrected chi connectivity index (χ4v) is 1.79. The summed E-state index contributed by atoms with van der Waals surface area (Å²) in [5.41, 5.74) is 0. The van der Waals surface area contributed by atoms with Gasteiger partial charge in [0, 0.05) is 31.7 Å². The first-order chi connectivity index (χ1) is 7.83. The van der Waals surface area contributed by atoms with E-state index in [-0.39, 0.29) is 0 Å². The first kappa shape index (κ1) is 10.9. The maximum atomic E-state index is 4.46. The monoisotopic (exact) mass is 215 g/mol. The summed E-state index contributed by atoms with van der Waals surface area (Å²) in [7, 11) is 4.04. The largest absolute Gasteiger partial charge is 0.358 e. The van der Waals surface area contributed by atoms with E-state index < -0.39 is 0 Å². The third-order valence-electron chi connectivity index (χ3n) is 2.71. The Labute approximate surface area is 96.1 Å². The SMILES string of the molecule is CNCCN(C)c1nccc2ccccc12. The van der Waals surface area contributed by atoms with E-state index in [2.05, 4.69) is 46.5 Å². The molecule has 3 heteroatoms. The number of nitrogens with one attached hydrogen (secondary N) is 1. The minimum atomic E-state index is 0.956. The van der Waals surface area contributed by atoms with Crippen LogP contribution >= 0.6 is 0 Å². The van der Waals surface area contributed by atoms with Crippen molar-refractivity contribution in [2.75, 3.05) is 32.1 Å². The number of benzene rings is 1. The summed E-state index contributed by atoms with van der Waals surface area (Å²) < 4.78 is 0. The van der Waals surface area contributed by atoms with Crippen LogP contribution in [0.5, 0.6) is 0 Å². The molecule has 2 aromatic rings. The Hall–Kier alpha value is -1.61. The Morgan fingerprint density at radius 1 is 1.25 bits per heavy atom. The Morgan fingerprint density at radius 3 is 2.88 bits per heavy atom. The summed E-state index contributed by atoms with van der Waals surface area (Å²) in [5.74, 6) is 1.05. The van der Waals surface area contributed by atoms with Crippen molar-refractivity contribution in [1.82, 2.24) is 10.3 Å². The lowest BCUT2D eigenvalue weighted by Crippen LogP contribution is -2.27. The average molecular weight is 215 g/mol. The van der Waals surface area contributed by atoms with Crippen LogP contribution in [0.3, 0.4) is 0 Å². The van der Waals surface area contributed by atoms with Crippen molar-refractivity contribution in [2.45, 2.75) is 0 Å². The number of hydrogen-bond donors (Lipinski definition) is 1.